The molecule has 2 rings (SSSR count). The van der Waals surface area contributed by atoms with Crippen LogP contribution in [0.25, 0.3) is 0 Å². The highest BCUT2D eigenvalue weighted by Gasteiger charge is 2.18. The van der Waals surface area contributed by atoms with E-state index in [0.29, 0.717) is 18.9 Å². The van der Waals surface area contributed by atoms with Crippen molar-refractivity contribution in [3.63, 3.8) is 0 Å². The lowest BCUT2D eigenvalue weighted by Gasteiger charge is -2.20. The van der Waals surface area contributed by atoms with Crippen molar-refractivity contribution in [2.45, 2.75) is 32.6 Å². The number of carbonyl (C=O) groups excluding carboxylic acids is 1. The van der Waals surface area contributed by atoms with Crippen molar-refractivity contribution in [2.24, 2.45) is 0 Å². The molecule has 0 saturated carbocycles. The van der Waals surface area contributed by atoms with Gasteiger partial charge in [-0.15, -0.1) is 0 Å². The Balaban J connectivity index is 1.95. The number of para-hydroxylation sites is 1. The Morgan fingerprint density at radius 2 is 1.63 bits per heavy atom. The summed E-state index contributed by atoms with van der Waals surface area (Å²) in [7, 11) is -3.37. The van der Waals surface area contributed by atoms with Crippen molar-refractivity contribution in [3.05, 3.63) is 65.7 Å². The molecule has 0 unspecified atom stereocenters. The molecule has 0 radical (unpaired) electrons. The van der Waals surface area contributed by atoms with Gasteiger partial charge in [-0.1, -0.05) is 62.4 Å². The second-order valence-electron chi connectivity index (χ2n) is 6.94. The maximum absolute atomic E-state index is 12.4. The molecule has 6 heteroatoms. The van der Waals surface area contributed by atoms with Crippen LogP contribution in [-0.4, -0.2) is 38.0 Å². The molecule has 0 bridgehead atoms. The quantitative estimate of drug-likeness (QED) is 0.713. The maximum Gasteiger partial charge on any atom is 0.225 e. The molecule has 0 atom stereocenters. The third-order valence-electron chi connectivity index (χ3n) is 4.41. The van der Waals surface area contributed by atoms with Crippen LogP contribution in [0, 0.1) is 0 Å². The minimum atomic E-state index is -3.37. The first-order valence-electron chi connectivity index (χ1n) is 9.15. The molecule has 0 saturated heterocycles. The highest BCUT2D eigenvalue weighted by molar-refractivity contribution is 7.88. The molecule has 0 heterocycles. The van der Waals surface area contributed by atoms with Gasteiger partial charge >= 0.3 is 0 Å². The lowest BCUT2D eigenvalue weighted by Crippen LogP contribution is -2.34. The molecule has 2 aromatic carbocycles. The monoisotopic (exact) mass is 388 g/mol. The highest BCUT2D eigenvalue weighted by atomic mass is 32.2. The van der Waals surface area contributed by atoms with E-state index in [2.05, 4.69) is 19.2 Å². The number of benzene rings is 2. The zero-order valence-corrected chi connectivity index (χ0v) is 17.0. The lowest BCUT2D eigenvalue weighted by molar-refractivity contribution is -0.116. The molecule has 27 heavy (non-hydrogen) atoms. The molecule has 146 valence electrons. The fraction of sp³-hybridized carbons (Fsp3) is 0.381. The van der Waals surface area contributed by atoms with E-state index < -0.39 is 10.0 Å². The van der Waals surface area contributed by atoms with Gasteiger partial charge in [-0.05, 0) is 29.5 Å². The van der Waals surface area contributed by atoms with Crippen molar-refractivity contribution in [1.29, 1.82) is 0 Å². The van der Waals surface area contributed by atoms with Crippen LogP contribution in [0.5, 0.6) is 0 Å². The first-order valence-corrected chi connectivity index (χ1v) is 11.0. The molecule has 0 aliphatic rings. The predicted molar refractivity (Wildman–Crippen MR) is 110 cm³/mol. The molecule has 5 nitrogen and oxygen atoms in total. The zero-order valence-electron chi connectivity index (χ0n) is 16.2. The summed E-state index contributed by atoms with van der Waals surface area (Å²) in [6, 6.07) is 17.4. The number of hydrogen-bond donors (Lipinski definition) is 1. The highest BCUT2D eigenvalue weighted by Crippen LogP contribution is 2.23. The first kappa shape index (κ1) is 21.1. The van der Waals surface area contributed by atoms with Crippen molar-refractivity contribution in [3.8, 4) is 0 Å². The third-order valence-corrected chi connectivity index (χ3v) is 5.71. The predicted octanol–water partition coefficient (Wildman–Crippen LogP) is 3.64. The molecule has 1 amide bonds. The lowest BCUT2D eigenvalue weighted by atomic mass is 10.0. The number of nitrogens with one attached hydrogen (secondary N) is 1. The molecular formula is C21H28N2O3S. The van der Waals surface area contributed by atoms with Crippen molar-refractivity contribution < 1.29 is 13.2 Å². The van der Waals surface area contributed by atoms with Crippen LogP contribution in [0.1, 0.15) is 37.3 Å². The molecule has 0 aliphatic heterocycles. The summed E-state index contributed by atoms with van der Waals surface area (Å²) >= 11 is 0. The minimum absolute atomic E-state index is 0.119. The fourth-order valence-corrected chi connectivity index (χ4v) is 3.74. The number of sulfonamides is 1. The molecule has 0 aromatic heterocycles. The number of amides is 1. The Bertz CT molecular complexity index is 849. The van der Waals surface area contributed by atoms with Crippen LogP contribution in [-0.2, 0) is 21.2 Å². The summed E-state index contributed by atoms with van der Waals surface area (Å²) in [5.41, 5.74) is 2.92. The van der Waals surface area contributed by atoms with E-state index in [9.17, 15) is 13.2 Å². The van der Waals surface area contributed by atoms with Gasteiger partial charge in [0.25, 0.3) is 0 Å². The molecule has 2 aromatic rings. The van der Waals surface area contributed by atoms with Gasteiger partial charge in [0.2, 0.25) is 15.9 Å². The van der Waals surface area contributed by atoms with Gasteiger partial charge in [-0.3, -0.25) is 4.79 Å². The largest absolute Gasteiger partial charge is 0.326 e. The Kier molecular flexibility index (Phi) is 7.56. The van der Waals surface area contributed by atoms with Crippen molar-refractivity contribution in [2.75, 3.05) is 24.7 Å². The average Bonchev–Trinajstić information content (AvgIpc) is 2.61. The summed E-state index contributed by atoms with van der Waals surface area (Å²) in [4.78, 5) is 12.4. The molecule has 0 fully saturated rings. The van der Waals surface area contributed by atoms with E-state index in [0.717, 1.165) is 16.8 Å². The zero-order chi connectivity index (χ0) is 19.9. The Labute approximate surface area is 162 Å². The Hall–Kier alpha value is -2.18. The standard InChI is InChI=1S/C21H28N2O3S/c1-17(2)19-11-7-8-12-20(19)22-21(24)14-16-23(27(3,25)26)15-13-18-9-5-4-6-10-18/h4-12,17H,13-16H2,1-3H3,(H,22,24). The summed E-state index contributed by atoms with van der Waals surface area (Å²) in [5.74, 6) is 0.108. The molecule has 0 spiro atoms. The summed E-state index contributed by atoms with van der Waals surface area (Å²) in [5, 5.41) is 2.91. The molecule has 0 aliphatic carbocycles. The smallest absolute Gasteiger partial charge is 0.225 e. The SMILES string of the molecule is CC(C)c1ccccc1NC(=O)CCN(CCc1ccccc1)S(C)(=O)=O. The van der Waals surface area contributed by atoms with E-state index in [1.807, 2.05) is 54.6 Å². The van der Waals surface area contributed by atoms with E-state index in [1.165, 1.54) is 10.6 Å². The van der Waals surface area contributed by atoms with Crippen molar-refractivity contribution >= 4 is 21.6 Å². The van der Waals surface area contributed by atoms with Crippen LogP contribution in [0.4, 0.5) is 5.69 Å². The van der Waals surface area contributed by atoms with Gasteiger partial charge in [0.05, 0.1) is 6.26 Å². The third kappa shape index (κ3) is 6.81. The van der Waals surface area contributed by atoms with Crippen LogP contribution in [0.2, 0.25) is 0 Å². The number of hydrogen-bond acceptors (Lipinski definition) is 3. The summed E-state index contributed by atoms with van der Waals surface area (Å²) < 4.78 is 25.5. The summed E-state index contributed by atoms with van der Waals surface area (Å²) in [6.45, 7) is 4.67. The second kappa shape index (κ2) is 9.67. The average molecular weight is 389 g/mol. The Morgan fingerprint density at radius 1 is 1.00 bits per heavy atom. The minimum Gasteiger partial charge on any atom is -0.326 e. The van der Waals surface area contributed by atoms with E-state index >= 15 is 0 Å². The van der Waals surface area contributed by atoms with Gasteiger partial charge < -0.3 is 5.32 Å². The van der Waals surface area contributed by atoms with Gasteiger partial charge in [0, 0.05) is 25.2 Å². The van der Waals surface area contributed by atoms with E-state index in [1.54, 1.807) is 0 Å². The first-order chi connectivity index (χ1) is 12.8. The fourth-order valence-electron chi connectivity index (χ4n) is 2.90. The number of rotatable bonds is 9. The molecule has 1 N–H and O–H groups in total. The topological polar surface area (TPSA) is 66.5 Å². The maximum atomic E-state index is 12.4. The van der Waals surface area contributed by atoms with Crippen LogP contribution in [0.3, 0.4) is 0 Å². The summed E-state index contributed by atoms with van der Waals surface area (Å²) in [6.07, 6.45) is 1.92. The van der Waals surface area contributed by atoms with Crippen LogP contribution >= 0.6 is 0 Å². The Morgan fingerprint density at radius 3 is 2.26 bits per heavy atom. The normalized spacial score (nSPS) is 11.7. The second-order valence-corrected chi connectivity index (χ2v) is 8.92. The number of anilines is 1. The van der Waals surface area contributed by atoms with Crippen LogP contribution < -0.4 is 5.32 Å². The number of nitrogens with zero attached hydrogens (tertiary/aromatic N) is 1. The van der Waals surface area contributed by atoms with Crippen LogP contribution in [0.15, 0.2) is 54.6 Å². The van der Waals surface area contributed by atoms with Gasteiger partial charge in [0.1, 0.15) is 0 Å². The van der Waals surface area contributed by atoms with Gasteiger partial charge in [-0.2, -0.15) is 0 Å². The van der Waals surface area contributed by atoms with Gasteiger partial charge in [0.15, 0.2) is 0 Å². The van der Waals surface area contributed by atoms with E-state index in [4.69, 9.17) is 0 Å². The number of carbonyl (C=O) groups is 1. The van der Waals surface area contributed by atoms with Crippen molar-refractivity contribution in [1.82, 2.24) is 4.31 Å². The van der Waals surface area contributed by atoms with E-state index in [-0.39, 0.29) is 18.9 Å². The van der Waals surface area contributed by atoms with Gasteiger partial charge in [-0.25, -0.2) is 12.7 Å². The molecular weight excluding hydrogens is 360 g/mol.